The first-order valence-electron chi connectivity index (χ1n) is 7.67. The van der Waals surface area contributed by atoms with Gasteiger partial charge in [-0.15, -0.1) is 0 Å². The van der Waals surface area contributed by atoms with Crippen LogP contribution in [0.2, 0.25) is 5.02 Å². The lowest BCUT2D eigenvalue weighted by atomic mass is 10.2. The maximum atomic E-state index is 12.4. The molecule has 0 saturated carbocycles. The minimum absolute atomic E-state index is 0.0566. The van der Waals surface area contributed by atoms with Crippen LogP contribution in [0.3, 0.4) is 0 Å². The van der Waals surface area contributed by atoms with Crippen molar-refractivity contribution >= 4 is 28.4 Å². The fraction of sp³-hybridized carbons (Fsp3) is 0.438. The van der Waals surface area contributed by atoms with Crippen LogP contribution in [-0.2, 0) is 16.1 Å². The number of nitrogens with one attached hydrogen (secondary N) is 1. The largest absolute Gasteiger partial charge is 0.368 e. The number of likely N-dealkylation sites (N-methyl/N-ethyl adjacent to an activating group) is 1. The van der Waals surface area contributed by atoms with E-state index in [-0.39, 0.29) is 24.1 Å². The van der Waals surface area contributed by atoms with Gasteiger partial charge in [0.25, 0.3) is 11.5 Å². The van der Waals surface area contributed by atoms with Crippen LogP contribution in [0.5, 0.6) is 0 Å². The molecule has 122 valence electrons. The number of benzene rings is 1. The number of aromatic amines is 1. The highest BCUT2D eigenvalue weighted by Crippen LogP contribution is 2.17. The summed E-state index contributed by atoms with van der Waals surface area (Å²) in [7, 11) is 0. The summed E-state index contributed by atoms with van der Waals surface area (Å²) in [6.07, 6.45) is 1.26. The van der Waals surface area contributed by atoms with Gasteiger partial charge in [0.2, 0.25) is 0 Å². The Balaban J connectivity index is 1.87. The molecule has 1 amide bonds. The summed E-state index contributed by atoms with van der Waals surface area (Å²) in [4.78, 5) is 33.4. The Bertz CT molecular complexity index is 784. The topological polar surface area (TPSA) is 75.3 Å². The molecule has 1 aromatic carbocycles. The molecule has 2 aromatic rings. The van der Waals surface area contributed by atoms with Crippen molar-refractivity contribution in [2.75, 3.05) is 13.2 Å². The Labute approximate surface area is 138 Å². The lowest BCUT2D eigenvalue weighted by molar-refractivity contribution is -0.141. The molecule has 23 heavy (non-hydrogen) atoms. The van der Waals surface area contributed by atoms with Gasteiger partial charge in [-0.3, -0.25) is 9.59 Å². The summed E-state index contributed by atoms with van der Waals surface area (Å²) in [6, 6.07) is 4.94. The van der Waals surface area contributed by atoms with E-state index in [1.54, 1.807) is 23.1 Å². The fourth-order valence-corrected chi connectivity index (χ4v) is 2.90. The van der Waals surface area contributed by atoms with Gasteiger partial charge in [-0.1, -0.05) is 11.6 Å². The molecule has 1 fully saturated rings. The van der Waals surface area contributed by atoms with Crippen molar-refractivity contribution in [2.24, 2.45) is 0 Å². The van der Waals surface area contributed by atoms with Crippen molar-refractivity contribution in [3.63, 3.8) is 0 Å². The Morgan fingerprint density at radius 3 is 3.04 bits per heavy atom. The average Bonchev–Trinajstić information content (AvgIpc) is 3.06. The van der Waals surface area contributed by atoms with Crippen molar-refractivity contribution in [2.45, 2.75) is 32.4 Å². The van der Waals surface area contributed by atoms with Crippen molar-refractivity contribution in [3.05, 3.63) is 39.4 Å². The highest BCUT2D eigenvalue weighted by molar-refractivity contribution is 6.31. The molecule has 7 heteroatoms. The summed E-state index contributed by atoms with van der Waals surface area (Å²) in [5.74, 6) is 0.386. The smallest absolute Gasteiger partial charge is 0.258 e. The van der Waals surface area contributed by atoms with E-state index >= 15 is 0 Å². The molecule has 0 spiro atoms. The van der Waals surface area contributed by atoms with Crippen molar-refractivity contribution in [1.82, 2.24) is 14.9 Å². The van der Waals surface area contributed by atoms with Crippen LogP contribution < -0.4 is 5.56 Å². The number of amides is 1. The molecule has 1 saturated heterocycles. The summed E-state index contributed by atoms with van der Waals surface area (Å²) < 4.78 is 5.44. The predicted molar refractivity (Wildman–Crippen MR) is 87.4 cm³/mol. The highest BCUT2D eigenvalue weighted by atomic mass is 35.5. The van der Waals surface area contributed by atoms with Crippen LogP contribution >= 0.6 is 11.6 Å². The number of nitrogens with zero attached hydrogens (tertiary/aromatic N) is 2. The van der Waals surface area contributed by atoms with Crippen LogP contribution in [0.1, 0.15) is 25.6 Å². The van der Waals surface area contributed by atoms with Crippen LogP contribution in [0.15, 0.2) is 23.0 Å². The molecule has 0 radical (unpaired) electrons. The monoisotopic (exact) mass is 335 g/mol. The molecule has 1 N–H and O–H groups in total. The van der Waals surface area contributed by atoms with E-state index in [2.05, 4.69) is 9.97 Å². The van der Waals surface area contributed by atoms with Crippen molar-refractivity contribution in [1.29, 1.82) is 0 Å². The Kier molecular flexibility index (Phi) is 4.63. The minimum atomic E-state index is -0.378. The number of rotatable bonds is 4. The van der Waals surface area contributed by atoms with Crippen molar-refractivity contribution < 1.29 is 9.53 Å². The van der Waals surface area contributed by atoms with Gasteiger partial charge in [0.1, 0.15) is 11.9 Å². The van der Waals surface area contributed by atoms with Gasteiger partial charge in [0, 0.05) is 18.2 Å². The van der Waals surface area contributed by atoms with Gasteiger partial charge in [0.15, 0.2) is 0 Å². The van der Waals surface area contributed by atoms with Gasteiger partial charge < -0.3 is 14.6 Å². The van der Waals surface area contributed by atoms with E-state index in [0.29, 0.717) is 34.9 Å². The molecule has 3 rings (SSSR count). The molecular formula is C16H18ClN3O3. The zero-order valence-electron chi connectivity index (χ0n) is 12.8. The van der Waals surface area contributed by atoms with E-state index in [1.165, 1.54) is 0 Å². The number of carbonyl (C=O) groups excluding carboxylic acids is 1. The number of H-pyrrole nitrogens is 1. The summed E-state index contributed by atoms with van der Waals surface area (Å²) >= 11 is 5.96. The number of carbonyl (C=O) groups is 1. The van der Waals surface area contributed by atoms with Gasteiger partial charge >= 0.3 is 0 Å². The van der Waals surface area contributed by atoms with Crippen LogP contribution in [0.25, 0.3) is 10.9 Å². The molecular weight excluding hydrogens is 318 g/mol. The molecule has 6 nitrogen and oxygen atoms in total. The quantitative estimate of drug-likeness (QED) is 0.928. The molecule has 0 bridgehead atoms. The highest BCUT2D eigenvalue weighted by Gasteiger charge is 2.28. The summed E-state index contributed by atoms with van der Waals surface area (Å²) in [5.41, 5.74) is 0.291. The third-order valence-electron chi connectivity index (χ3n) is 3.96. The van der Waals surface area contributed by atoms with Gasteiger partial charge in [-0.05, 0) is 38.0 Å². The van der Waals surface area contributed by atoms with E-state index in [9.17, 15) is 9.59 Å². The van der Waals surface area contributed by atoms with Crippen LogP contribution in [-0.4, -0.2) is 40.0 Å². The first-order chi connectivity index (χ1) is 11.1. The number of ether oxygens (including phenoxy) is 1. The molecule has 0 unspecified atom stereocenters. The third-order valence-corrected chi connectivity index (χ3v) is 4.19. The van der Waals surface area contributed by atoms with Crippen molar-refractivity contribution in [3.8, 4) is 0 Å². The lowest BCUT2D eigenvalue weighted by Crippen LogP contribution is -2.39. The van der Waals surface area contributed by atoms with Crippen LogP contribution in [0, 0.1) is 0 Å². The molecule has 1 atom stereocenters. The third kappa shape index (κ3) is 3.38. The number of fused-ring (bicyclic) bond motifs is 1. The standard InChI is InChI=1S/C16H18ClN3O3/c1-2-20(16(22)13-4-3-7-23-13)9-14-18-12-8-10(17)5-6-11(12)15(21)19-14/h5-6,8,13H,2-4,7,9H2,1H3,(H,18,19,21)/t13-/m1/s1. The second kappa shape index (κ2) is 6.68. The van der Waals surface area contributed by atoms with Gasteiger partial charge in [-0.25, -0.2) is 4.98 Å². The first-order valence-corrected chi connectivity index (χ1v) is 8.05. The van der Waals surface area contributed by atoms with Gasteiger partial charge in [-0.2, -0.15) is 0 Å². The normalized spacial score (nSPS) is 17.6. The SMILES string of the molecule is CCN(Cc1nc2cc(Cl)ccc2c(=O)[nH]1)C(=O)[C@H]1CCCO1. The summed E-state index contributed by atoms with van der Waals surface area (Å²) in [5, 5.41) is 0.996. The lowest BCUT2D eigenvalue weighted by Gasteiger charge is -2.23. The zero-order valence-corrected chi connectivity index (χ0v) is 13.6. The molecule has 1 aromatic heterocycles. The predicted octanol–water partition coefficient (Wildman–Crippen LogP) is 2.10. The van der Waals surface area contributed by atoms with Gasteiger partial charge in [0.05, 0.1) is 17.4 Å². The number of aromatic nitrogens is 2. The number of hydrogen-bond donors (Lipinski definition) is 1. The summed E-state index contributed by atoms with van der Waals surface area (Å²) in [6.45, 7) is 3.28. The second-order valence-electron chi connectivity index (χ2n) is 5.53. The molecule has 2 heterocycles. The maximum absolute atomic E-state index is 12.4. The maximum Gasteiger partial charge on any atom is 0.258 e. The Hall–Kier alpha value is -1.92. The average molecular weight is 336 g/mol. The van der Waals surface area contributed by atoms with E-state index in [0.717, 1.165) is 12.8 Å². The molecule has 1 aliphatic heterocycles. The molecule has 0 aliphatic carbocycles. The van der Waals surface area contributed by atoms with E-state index in [4.69, 9.17) is 16.3 Å². The Morgan fingerprint density at radius 1 is 1.52 bits per heavy atom. The number of hydrogen-bond acceptors (Lipinski definition) is 4. The van der Waals surface area contributed by atoms with E-state index < -0.39 is 0 Å². The minimum Gasteiger partial charge on any atom is -0.368 e. The van der Waals surface area contributed by atoms with Crippen LogP contribution in [0.4, 0.5) is 0 Å². The fourth-order valence-electron chi connectivity index (χ4n) is 2.74. The first kappa shape index (κ1) is 16.0. The second-order valence-corrected chi connectivity index (χ2v) is 5.96. The molecule has 1 aliphatic rings. The van der Waals surface area contributed by atoms with E-state index in [1.807, 2.05) is 6.92 Å². The Morgan fingerprint density at radius 2 is 2.35 bits per heavy atom. The number of halogens is 1. The zero-order chi connectivity index (χ0) is 16.4.